The second-order valence-electron chi connectivity index (χ2n) is 1.02. The molecule has 1 amide bonds. The molecule has 0 bridgehead atoms. The van der Waals surface area contributed by atoms with Crippen molar-refractivity contribution >= 4 is 23.8 Å². The highest BCUT2D eigenvalue weighted by atomic mass is 35.5. The van der Waals surface area contributed by atoms with Crippen LogP contribution in [-0.4, -0.2) is 12.2 Å². The Morgan fingerprint density at radius 3 is 2.50 bits per heavy atom. The molecule has 0 aliphatic carbocycles. The average molecular weight is 133 g/mol. The number of carbonyl (C=O) groups excluding carboxylic acids is 1. The molecule has 0 saturated heterocycles. The van der Waals surface area contributed by atoms with E-state index in [0.717, 1.165) is 0 Å². The highest BCUT2D eigenvalue weighted by molar-refractivity contribution is 6.42. The van der Waals surface area contributed by atoms with Crippen LogP contribution in [0.3, 0.4) is 0 Å². The van der Waals surface area contributed by atoms with Crippen LogP contribution in [0.4, 0.5) is 0 Å². The van der Waals surface area contributed by atoms with Crippen molar-refractivity contribution in [2.45, 2.75) is 0 Å². The fourth-order valence-corrected chi connectivity index (χ4v) is 0.176. The number of carbonyl (C=O) groups is 1. The van der Waals surface area contributed by atoms with Gasteiger partial charge in [0.25, 0.3) is 0 Å². The van der Waals surface area contributed by atoms with E-state index in [9.17, 15) is 4.79 Å². The molecule has 0 atom stereocenters. The van der Waals surface area contributed by atoms with Crippen molar-refractivity contribution in [1.82, 2.24) is 0 Å². The summed E-state index contributed by atoms with van der Waals surface area (Å²) in [6, 6.07) is 0. The second-order valence-corrected chi connectivity index (χ2v) is 1.48. The quantitative estimate of drug-likeness (QED) is 0.333. The normalized spacial score (nSPS) is 10.9. The van der Waals surface area contributed by atoms with Gasteiger partial charge in [-0.1, -0.05) is 18.2 Å². The van der Waals surface area contributed by atoms with Gasteiger partial charge in [-0.25, -0.2) is 0 Å². The van der Waals surface area contributed by atoms with Crippen LogP contribution in [0.15, 0.2) is 16.6 Å². The number of nitrogens with two attached hydrogens (primary N) is 1. The third-order valence-electron chi connectivity index (χ3n) is 0.470. The zero-order chi connectivity index (χ0) is 6.57. The van der Waals surface area contributed by atoms with Gasteiger partial charge in [0.15, 0.2) is 0 Å². The van der Waals surface area contributed by atoms with E-state index in [1.807, 2.05) is 0 Å². The summed E-state index contributed by atoms with van der Waals surface area (Å²) in [4.78, 5) is 12.7. The van der Waals surface area contributed by atoms with Crippen LogP contribution >= 0.6 is 11.6 Å². The zero-order valence-corrected chi connectivity index (χ0v) is 4.85. The molecule has 2 N–H and O–H groups in total. The van der Waals surface area contributed by atoms with Gasteiger partial charge in [0, 0.05) is 0 Å². The molecule has 3 nitrogen and oxygen atoms in total. The first-order valence-electron chi connectivity index (χ1n) is 1.80. The van der Waals surface area contributed by atoms with E-state index in [4.69, 9.17) is 17.3 Å². The lowest BCUT2D eigenvalue weighted by molar-refractivity contribution is -0.106. The van der Waals surface area contributed by atoms with Gasteiger partial charge in [0.05, 0.1) is 5.03 Å². The van der Waals surface area contributed by atoms with Crippen molar-refractivity contribution in [1.29, 1.82) is 0 Å². The molecule has 0 radical (unpaired) electrons. The summed E-state index contributed by atoms with van der Waals surface area (Å²) < 4.78 is 0. The number of amidine groups is 1. The number of hydrogen-bond donors (Lipinski definition) is 1. The van der Waals surface area contributed by atoms with Crippen LogP contribution in [0.25, 0.3) is 0 Å². The summed E-state index contributed by atoms with van der Waals surface area (Å²) in [5, 5.41) is 0.0806. The molecule has 0 aromatic heterocycles. The molecule has 0 aliphatic rings. The molecule has 0 aromatic rings. The van der Waals surface area contributed by atoms with Crippen LogP contribution in [0.1, 0.15) is 0 Å². The predicted octanol–water partition coefficient (Wildman–Crippen LogP) is 0.253. The number of amides is 1. The highest BCUT2D eigenvalue weighted by Gasteiger charge is 1.90. The van der Waals surface area contributed by atoms with Gasteiger partial charge in [-0.15, -0.1) is 0 Å². The van der Waals surface area contributed by atoms with Crippen LogP contribution in [0.2, 0.25) is 0 Å². The van der Waals surface area contributed by atoms with Gasteiger partial charge in [-0.2, -0.15) is 4.99 Å². The molecule has 0 fully saturated rings. The summed E-state index contributed by atoms with van der Waals surface area (Å²) in [7, 11) is 0. The molecule has 0 saturated carbocycles. The molecule has 0 aliphatic heterocycles. The van der Waals surface area contributed by atoms with E-state index in [0.29, 0.717) is 6.41 Å². The van der Waals surface area contributed by atoms with Crippen molar-refractivity contribution in [3.05, 3.63) is 11.6 Å². The SMILES string of the molecule is C=C(Cl)/C(N)=N\C=O. The maximum absolute atomic E-state index is 9.55. The van der Waals surface area contributed by atoms with Gasteiger partial charge < -0.3 is 5.73 Å². The molecule has 0 unspecified atom stereocenters. The molecule has 0 rings (SSSR count). The fourth-order valence-electron chi connectivity index (χ4n) is 0.127. The third kappa shape index (κ3) is 2.36. The summed E-state index contributed by atoms with van der Waals surface area (Å²) in [5.74, 6) is -0.0401. The van der Waals surface area contributed by atoms with E-state index in [-0.39, 0.29) is 10.9 Å². The Kier molecular flexibility index (Phi) is 2.88. The predicted molar refractivity (Wildman–Crippen MR) is 32.7 cm³/mol. The Labute approximate surface area is 51.8 Å². The number of hydrogen-bond acceptors (Lipinski definition) is 1. The average Bonchev–Trinajstić information content (AvgIpc) is 1.67. The molecular weight excluding hydrogens is 128 g/mol. The summed E-state index contributed by atoms with van der Waals surface area (Å²) in [6.07, 6.45) is 0.308. The third-order valence-corrected chi connectivity index (χ3v) is 0.663. The first kappa shape index (κ1) is 7.17. The molecular formula is C4H5ClN2O. The summed E-state index contributed by atoms with van der Waals surface area (Å²) in [6.45, 7) is 3.22. The summed E-state index contributed by atoms with van der Waals surface area (Å²) in [5.41, 5.74) is 5.01. The van der Waals surface area contributed by atoms with Crippen molar-refractivity contribution in [3.8, 4) is 0 Å². The first-order valence-corrected chi connectivity index (χ1v) is 2.18. The van der Waals surface area contributed by atoms with Crippen LogP contribution in [-0.2, 0) is 4.79 Å². The maximum Gasteiger partial charge on any atom is 0.234 e. The monoisotopic (exact) mass is 132 g/mol. The minimum atomic E-state index is -0.0401. The second kappa shape index (κ2) is 3.21. The highest BCUT2D eigenvalue weighted by Crippen LogP contribution is 1.93. The standard InChI is InChI=1S/C4H5ClN2O/c1-3(5)4(6)7-2-8/h2H,1H2,(H2,6,7,8). The van der Waals surface area contributed by atoms with E-state index >= 15 is 0 Å². The number of halogens is 1. The van der Waals surface area contributed by atoms with Gasteiger partial charge in [-0.05, 0) is 0 Å². The van der Waals surface area contributed by atoms with E-state index in [1.165, 1.54) is 0 Å². The molecule has 44 valence electrons. The Hall–Kier alpha value is -0.830. The van der Waals surface area contributed by atoms with Crippen molar-refractivity contribution in [3.63, 3.8) is 0 Å². The van der Waals surface area contributed by atoms with E-state index < -0.39 is 0 Å². The number of nitrogens with zero attached hydrogens (tertiary/aromatic N) is 1. The molecule has 8 heavy (non-hydrogen) atoms. The molecule has 0 spiro atoms. The topological polar surface area (TPSA) is 55.4 Å². The lowest BCUT2D eigenvalue weighted by atomic mass is 10.6. The van der Waals surface area contributed by atoms with Gasteiger partial charge in [-0.3, -0.25) is 4.79 Å². The van der Waals surface area contributed by atoms with Crippen molar-refractivity contribution in [2.75, 3.05) is 0 Å². The van der Waals surface area contributed by atoms with Gasteiger partial charge in [0.1, 0.15) is 5.84 Å². The number of rotatable bonds is 2. The molecule has 0 aromatic carbocycles. The maximum atomic E-state index is 9.55. The Balaban J connectivity index is 3.99. The van der Waals surface area contributed by atoms with E-state index in [2.05, 4.69) is 11.6 Å². The van der Waals surface area contributed by atoms with Crippen molar-refractivity contribution < 1.29 is 4.79 Å². The van der Waals surface area contributed by atoms with Crippen LogP contribution in [0.5, 0.6) is 0 Å². The zero-order valence-electron chi connectivity index (χ0n) is 4.10. The van der Waals surface area contributed by atoms with E-state index in [1.54, 1.807) is 0 Å². The Bertz CT molecular complexity index is 141. The van der Waals surface area contributed by atoms with Crippen molar-refractivity contribution in [2.24, 2.45) is 10.7 Å². The molecule has 0 heterocycles. The lowest BCUT2D eigenvalue weighted by Gasteiger charge is -1.87. The fraction of sp³-hybridized carbons (Fsp3) is 0. The largest absolute Gasteiger partial charge is 0.382 e. The Morgan fingerprint density at radius 1 is 1.88 bits per heavy atom. The van der Waals surface area contributed by atoms with Crippen LogP contribution < -0.4 is 5.73 Å². The number of aliphatic imine (C=N–C) groups is 1. The minimum Gasteiger partial charge on any atom is -0.382 e. The summed E-state index contributed by atoms with van der Waals surface area (Å²) >= 11 is 5.20. The lowest BCUT2D eigenvalue weighted by Crippen LogP contribution is -2.10. The van der Waals surface area contributed by atoms with Crippen LogP contribution in [0, 0.1) is 0 Å². The Morgan fingerprint density at radius 2 is 2.38 bits per heavy atom. The first-order chi connectivity index (χ1) is 3.68. The minimum absolute atomic E-state index is 0.0401. The van der Waals surface area contributed by atoms with Gasteiger partial charge in [0.2, 0.25) is 6.41 Å². The molecule has 4 heteroatoms. The van der Waals surface area contributed by atoms with Gasteiger partial charge >= 0.3 is 0 Å². The smallest absolute Gasteiger partial charge is 0.234 e.